The number of nitrogens with zero attached hydrogens (tertiary/aromatic N) is 1. The van der Waals surface area contributed by atoms with Crippen LogP contribution in [0.3, 0.4) is 0 Å². The fourth-order valence-electron chi connectivity index (χ4n) is 3.08. The molecule has 23 heavy (non-hydrogen) atoms. The Morgan fingerprint density at radius 1 is 1.00 bits per heavy atom. The Hall–Kier alpha value is -2.29. The smallest absolute Gasteiger partial charge is 0.228 e. The van der Waals surface area contributed by atoms with Gasteiger partial charge in [-0.1, -0.05) is 42.0 Å². The van der Waals surface area contributed by atoms with Crippen molar-refractivity contribution in [2.24, 2.45) is 0 Å². The summed E-state index contributed by atoms with van der Waals surface area (Å²) in [6, 6.07) is 16.3. The highest BCUT2D eigenvalue weighted by molar-refractivity contribution is 5.95. The normalized spacial score (nSPS) is 14.6. The maximum absolute atomic E-state index is 12.4. The molecule has 0 aliphatic carbocycles. The first-order valence-electron chi connectivity index (χ1n) is 8.42. The van der Waals surface area contributed by atoms with Gasteiger partial charge in [0.05, 0.1) is 17.8 Å². The summed E-state index contributed by atoms with van der Waals surface area (Å²) in [7, 11) is 0. The van der Waals surface area contributed by atoms with Crippen LogP contribution < -0.4 is 10.2 Å². The van der Waals surface area contributed by atoms with Gasteiger partial charge in [0.2, 0.25) is 5.91 Å². The Labute approximate surface area is 138 Å². The Morgan fingerprint density at radius 2 is 1.70 bits per heavy atom. The van der Waals surface area contributed by atoms with E-state index in [0.29, 0.717) is 6.42 Å². The van der Waals surface area contributed by atoms with Crippen molar-refractivity contribution in [2.45, 2.75) is 32.6 Å². The van der Waals surface area contributed by atoms with Gasteiger partial charge in [-0.15, -0.1) is 0 Å². The number of para-hydroxylation sites is 2. The van der Waals surface area contributed by atoms with Gasteiger partial charge in [-0.05, 0) is 43.9 Å². The number of carbonyl (C=O) groups excluding carboxylic acids is 1. The molecule has 1 saturated heterocycles. The Bertz CT molecular complexity index is 658. The number of hydrogen-bond acceptors (Lipinski definition) is 2. The van der Waals surface area contributed by atoms with Gasteiger partial charge < -0.3 is 10.2 Å². The molecule has 0 bridgehead atoms. The molecule has 0 atom stereocenters. The molecule has 3 nitrogen and oxygen atoms in total. The van der Waals surface area contributed by atoms with Crippen molar-refractivity contribution >= 4 is 17.3 Å². The van der Waals surface area contributed by atoms with Crippen molar-refractivity contribution in [3.8, 4) is 0 Å². The maximum atomic E-state index is 12.4. The lowest BCUT2D eigenvalue weighted by Crippen LogP contribution is -2.30. The highest BCUT2D eigenvalue weighted by atomic mass is 16.1. The molecule has 1 heterocycles. The topological polar surface area (TPSA) is 32.3 Å². The maximum Gasteiger partial charge on any atom is 0.228 e. The van der Waals surface area contributed by atoms with Crippen LogP contribution in [0.15, 0.2) is 48.5 Å². The summed E-state index contributed by atoms with van der Waals surface area (Å²) in [6.45, 7) is 4.20. The van der Waals surface area contributed by atoms with Gasteiger partial charge in [-0.3, -0.25) is 4.79 Å². The van der Waals surface area contributed by atoms with E-state index in [4.69, 9.17) is 0 Å². The summed E-state index contributed by atoms with van der Waals surface area (Å²) < 4.78 is 0. The molecule has 1 aliphatic heterocycles. The van der Waals surface area contributed by atoms with Crippen molar-refractivity contribution in [1.82, 2.24) is 0 Å². The molecule has 1 aliphatic rings. The number of hydrogen-bond donors (Lipinski definition) is 1. The molecular formula is C20H24N2O. The molecule has 120 valence electrons. The van der Waals surface area contributed by atoms with Crippen molar-refractivity contribution in [2.75, 3.05) is 23.3 Å². The van der Waals surface area contributed by atoms with Gasteiger partial charge in [0.1, 0.15) is 0 Å². The third-order valence-electron chi connectivity index (χ3n) is 4.36. The van der Waals surface area contributed by atoms with Crippen LogP contribution in [0.25, 0.3) is 0 Å². The van der Waals surface area contributed by atoms with E-state index < -0.39 is 0 Å². The number of benzene rings is 2. The highest BCUT2D eigenvalue weighted by Crippen LogP contribution is 2.28. The third kappa shape index (κ3) is 4.13. The van der Waals surface area contributed by atoms with Crippen LogP contribution in [0.2, 0.25) is 0 Å². The summed E-state index contributed by atoms with van der Waals surface area (Å²) in [6.07, 6.45) is 4.17. The van der Waals surface area contributed by atoms with E-state index in [0.717, 1.165) is 30.0 Å². The van der Waals surface area contributed by atoms with Crippen molar-refractivity contribution in [3.05, 3.63) is 59.7 Å². The largest absolute Gasteiger partial charge is 0.370 e. The lowest BCUT2D eigenvalue weighted by Gasteiger charge is -2.30. The van der Waals surface area contributed by atoms with E-state index in [1.807, 2.05) is 42.5 Å². The number of rotatable bonds is 4. The Kier molecular flexibility index (Phi) is 4.96. The number of amides is 1. The second kappa shape index (κ2) is 7.32. The first kappa shape index (κ1) is 15.6. The SMILES string of the molecule is Cc1ccc(CC(=O)Nc2ccccc2N2CCCCC2)cc1. The molecule has 1 N–H and O–H groups in total. The van der Waals surface area contributed by atoms with Crippen LogP contribution in [0.5, 0.6) is 0 Å². The predicted molar refractivity (Wildman–Crippen MR) is 96.0 cm³/mol. The number of anilines is 2. The van der Waals surface area contributed by atoms with Crippen molar-refractivity contribution in [1.29, 1.82) is 0 Å². The standard InChI is InChI=1S/C20H24N2O/c1-16-9-11-17(12-10-16)15-20(23)21-18-7-3-4-8-19(18)22-13-5-2-6-14-22/h3-4,7-12H,2,5-6,13-15H2,1H3,(H,21,23). The van der Waals surface area contributed by atoms with Crippen molar-refractivity contribution < 1.29 is 4.79 Å². The number of piperidine rings is 1. The fraction of sp³-hybridized carbons (Fsp3) is 0.350. The van der Waals surface area contributed by atoms with E-state index in [1.54, 1.807) is 0 Å². The van der Waals surface area contributed by atoms with Gasteiger partial charge >= 0.3 is 0 Å². The first-order valence-corrected chi connectivity index (χ1v) is 8.42. The average Bonchev–Trinajstić information content (AvgIpc) is 2.58. The minimum atomic E-state index is 0.0401. The van der Waals surface area contributed by atoms with E-state index in [1.165, 1.54) is 24.8 Å². The summed E-state index contributed by atoms with van der Waals surface area (Å²) in [5.41, 5.74) is 4.32. The van der Waals surface area contributed by atoms with Crippen LogP contribution in [0, 0.1) is 6.92 Å². The van der Waals surface area contributed by atoms with Gasteiger partial charge in [0.15, 0.2) is 0 Å². The van der Waals surface area contributed by atoms with E-state index in [9.17, 15) is 4.79 Å². The number of aryl methyl sites for hydroxylation is 1. The van der Waals surface area contributed by atoms with E-state index in [2.05, 4.69) is 23.2 Å². The molecule has 0 aromatic heterocycles. The van der Waals surface area contributed by atoms with Crippen LogP contribution in [0.1, 0.15) is 30.4 Å². The predicted octanol–water partition coefficient (Wildman–Crippen LogP) is 4.17. The summed E-state index contributed by atoms with van der Waals surface area (Å²) >= 11 is 0. The van der Waals surface area contributed by atoms with E-state index >= 15 is 0 Å². The average molecular weight is 308 g/mol. The molecule has 0 spiro atoms. The van der Waals surface area contributed by atoms with Crippen LogP contribution in [-0.2, 0) is 11.2 Å². The Balaban J connectivity index is 1.69. The molecule has 3 heteroatoms. The van der Waals surface area contributed by atoms with Crippen LogP contribution in [-0.4, -0.2) is 19.0 Å². The van der Waals surface area contributed by atoms with Gasteiger partial charge in [0, 0.05) is 13.1 Å². The Morgan fingerprint density at radius 3 is 2.43 bits per heavy atom. The van der Waals surface area contributed by atoms with Gasteiger partial charge in [-0.25, -0.2) is 0 Å². The minimum absolute atomic E-state index is 0.0401. The highest BCUT2D eigenvalue weighted by Gasteiger charge is 2.15. The van der Waals surface area contributed by atoms with Crippen LogP contribution in [0.4, 0.5) is 11.4 Å². The molecule has 0 unspecified atom stereocenters. The zero-order chi connectivity index (χ0) is 16.1. The molecule has 2 aromatic carbocycles. The molecular weight excluding hydrogens is 284 g/mol. The van der Waals surface area contributed by atoms with E-state index in [-0.39, 0.29) is 5.91 Å². The summed E-state index contributed by atoms with van der Waals surface area (Å²) in [5.74, 6) is 0.0401. The summed E-state index contributed by atoms with van der Waals surface area (Å²) in [4.78, 5) is 14.8. The zero-order valence-corrected chi connectivity index (χ0v) is 13.7. The molecule has 1 fully saturated rings. The second-order valence-electron chi connectivity index (χ2n) is 6.28. The molecule has 0 radical (unpaired) electrons. The first-order chi connectivity index (χ1) is 11.2. The van der Waals surface area contributed by atoms with Gasteiger partial charge in [0.25, 0.3) is 0 Å². The van der Waals surface area contributed by atoms with Crippen molar-refractivity contribution in [3.63, 3.8) is 0 Å². The quantitative estimate of drug-likeness (QED) is 0.919. The third-order valence-corrected chi connectivity index (χ3v) is 4.36. The van der Waals surface area contributed by atoms with Crippen LogP contribution >= 0.6 is 0 Å². The molecule has 1 amide bonds. The van der Waals surface area contributed by atoms with Gasteiger partial charge in [-0.2, -0.15) is 0 Å². The minimum Gasteiger partial charge on any atom is -0.370 e. The number of nitrogens with one attached hydrogen (secondary N) is 1. The molecule has 0 saturated carbocycles. The molecule has 3 rings (SSSR count). The second-order valence-corrected chi connectivity index (χ2v) is 6.28. The fourth-order valence-corrected chi connectivity index (χ4v) is 3.08. The monoisotopic (exact) mass is 308 g/mol. The molecule has 2 aromatic rings. The lowest BCUT2D eigenvalue weighted by molar-refractivity contribution is -0.115. The summed E-state index contributed by atoms with van der Waals surface area (Å²) in [5, 5.41) is 3.09. The number of carbonyl (C=O) groups is 1. The lowest BCUT2D eigenvalue weighted by atomic mass is 10.1. The zero-order valence-electron chi connectivity index (χ0n) is 13.7.